The average Bonchev–Trinajstić information content (AvgIpc) is 3.13. The average molecular weight is 455 g/mol. The molecule has 0 aliphatic carbocycles. The minimum Gasteiger partial charge on any atom is -0.503 e. The largest absolute Gasteiger partial charge is 0.503 e. The van der Waals surface area contributed by atoms with Gasteiger partial charge in [-0.25, -0.2) is 4.79 Å². The summed E-state index contributed by atoms with van der Waals surface area (Å²) in [6.07, 6.45) is 2.90. The summed E-state index contributed by atoms with van der Waals surface area (Å²) in [4.78, 5) is 39.2. The fourth-order valence-electron chi connectivity index (χ4n) is 3.86. The first-order chi connectivity index (χ1) is 16.4. The minimum absolute atomic E-state index is 0.0297. The molecule has 3 aromatic carbocycles. The van der Waals surface area contributed by atoms with E-state index in [1.165, 1.54) is 36.3 Å². The molecule has 0 radical (unpaired) electrons. The van der Waals surface area contributed by atoms with Crippen molar-refractivity contribution in [3.8, 4) is 5.75 Å². The maximum Gasteiger partial charge on any atom is 0.335 e. The summed E-state index contributed by atoms with van der Waals surface area (Å²) in [5.41, 5.74) is 1.40. The van der Waals surface area contributed by atoms with Gasteiger partial charge in [0, 0.05) is 5.69 Å². The lowest BCUT2D eigenvalue weighted by Gasteiger charge is -2.27. The van der Waals surface area contributed by atoms with Crippen molar-refractivity contribution < 1.29 is 29.3 Å². The number of anilines is 1. The highest BCUT2D eigenvalue weighted by Gasteiger charge is 2.44. The predicted molar refractivity (Wildman–Crippen MR) is 127 cm³/mol. The van der Waals surface area contributed by atoms with Gasteiger partial charge in [0.1, 0.15) is 5.75 Å². The Labute approximate surface area is 195 Å². The number of ketones is 1. The number of allylic oxidation sites excluding steroid dienone is 1. The van der Waals surface area contributed by atoms with Gasteiger partial charge in [-0.3, -0.25) is 14.5 Å². The van der Waals surface area contributed by atoms with Gasteiger partial charge in [0.25, 0.3) is 5.91 Å². The molecule has 1 aliphatic rings. The number of hydrogen-bond donors (Lipinski definition) is 2. The maximum atomic E-state index is 13.3. The summed E-state index contributed by atoms with van der Waals surface area (Å²) in [6.45, 7) is 0. The Kier molecular flexibility index (Phi) is 6.27. The Bertz CT molecular complexity index is 1330. The highest BCUT2D eigenvalue weighted by atomic mass is 16.5. The van der Waals surface area contributed by atoms with Gasteiger partial charge in [0.15, 0.2) is 11.5 Å². The number of carbonyl (C=O) groups excluding carboxylic acids is 2. The molecule has 1 aliphatic heterocycles. The van der Waals surface area contributed by atoms with Gasteiger partial charge >= 0.3 is 5.97 Å². The second-order valence-corrected chi connectivity index (χ2v) is 7.58. The third-order valence-electron chi connectivity index (χ3n) is 5.48. The van der Waals surface area contributed by atoms with Gasteiger partial charge < -0.3 is 14.9 Å². The second kappa shape index (κ2) is 9.46. The zero-order chi connectivity index (χ0) is 24.2. The molecule has 0 fully saturated rings. The van der Waals surface area contributed by atoms with Crippen LogP contribution in [0.25, 0.3) is 6.08 Å². The van der Waals surface area contributed by atoms with Crippen molar-refractivity contribution in [3.63, 3.8) is 0 Å². The van der Waals surface area contributed by atoms with E-state index in [9.17, 15) is 24.6 Å². The van der Waals surface area contributed by atoms with E-state index in [4.69, 9.17) is 4.74 Å². The van der Waals surface area contributed by atoms with E-state index in [1.807, 2.05) is 30.3 Å². The Morgan fingerprint density at radius 2 is 1.71 bits per heavy atom. The zero-order valence-corrected chi connectivity index (χ0v) is 18.2. The molecular formula is C27H21NO6. The molecule has 0 spiro atoms. The van der Waals surface area contributed by atoms with Crippen molar-refractivity contribution in [2.75, 3.05) is 12.0 Å². The molecule has 1 heterocycles. The smallest absolute Gasteiger partial charge is 0.335 e. The molecular weight excluding hydrogens is 434 g/mol. The predicted octanol–water partition coefficient (Wildman–Crippen LogP) is 4.58. The van der Waals surface area contributed by atoms with Crippen molar-refractivity contribution in [1.29, 1.82) is 0 Å². The van der Waals surface area contributed by atoms with E-state index in [0.29, 0.717) is 11.3 Å². The Balaban J connectivity index is 1.83. The summed E-state index contributed by atoms with van der Waals surface area (Å²) in [7, 11) is 1.50. The van der Waals surface area contributed by atoms with E-state index >= 15 is 0 Å². The third-order valence-corrected chi connectivity index (χ3v) is 5.48. The normalized spacial score (nSPS) is 15.7. The van der Waals surface area contributed by atoms with Gasteiger partial charge in [-0.2, -0.15) is 0 Å². The van der Waals surface area contributed by atoms with Crippen molar-refractivity contribution in [1.82, 2.24) is 0 Å². The topological polar surface area (TPSA) is 104 Å². The highest BCUT2D eigenvalue weighted by Crippen LogP contribution is 2.42. The number of carboxylic acids is 1. The van der Waals surface area contributed by atoms with Crippen LogP contribution in [0.4, 0.5) is 5.69 Å². The quantitative estimate of drug-likeness (QED) is 0.506. The van der Waals surface area contributed by atoms with Crippen LogP contribution >= 0.6 is 0 Å². The molecule has 1 unspecified atom stereocenters. The van der Waals surface area contributed by atoms with Crippen LogP contribution in [-0.2, 0) is 9.59 Å². The van der Waals surface area contributed by atoms with Crippen LogP contribution in [0.15, 0.2) is 96.3 Å². The highest BCUT2D eigenvalue weighted by molar-refractivity contribution is 6.20. The van der Waals surface area contributed by atoms with Crippen molar-refractivity contribution in [2.45, 2.75) is 6.04 Å². The number of nitrogens with zero attached hydrogens (tertiary/aromatic N) is 1. The molecule has 3 aromatic rings. The fourth-order valence-corrected chi connectivity index (χ4v) is 3.86. The molecule has 0 saturated carbocycles. The number of hydrogen-bond acceptors (Lipinski definition) is 5. The fraction of sp³-hybridized carbons (Fsp3) is 0.0741. The van der Waals surface area contributed by atoms with Crippen LogP contribution in [0.5, 0.6) is 5.75 Å². The Morgan fingerprint density at radius 1 is 0.971 bits per heavy atom. The molecule has 0 bridgehead atoms. The van der Waals surface area contributed by atoms with Crippen molar-refractivity contribution in [3.05, 3.63) is 113 Å². The van der Waals surface area contributed by atoms with Crippen LogP contribution in [-0.4, -0.2) is 35.0 Å². The van der Waals surface area contributed by atoms with Crippen molar-refractivity contribution >= 4 is 29.4 Å². The van der Waals surface area contributed by atoms with Crippen LogP contribution in [0.2, 0.25) is 0 Å². The van der Waals surface area contributed by atoms with Gasteiger partial charge in [-0.15, -0.1) is 0 Å². The monoisotopic (exact) mass is 455 g/mol. The zero-order valence-electron chi connectivity index (χ0n) is 18.2. The Morgan fingerprint density at radius 3 is 2.41 bits per heavy atom. The first-order valence-electron chi connectivity index (χ1n) is 10.4. The van der Waals surface area contributed by atoms with Crippen LogP contribution in [0.1, 0.15) is 27.5 Å². The number of aliphatic hydroxyl groups excluding tert-OH is 1. The molecule has 34 heavy (non-hydrogen) atoms. The van der Waals surface area contributed by atoms with Gasteiger partial charge in [-0.1, -0.05) is 54.6 Å². The van der Waals surface area contributed by atoms with Gasteiger partial charge in [0.05, 0.1) is 24.3 Å². The molecule has 0 aromatic heterocycles. The Hall–Kier alpha value is -4.65. The minimum atomic E-state index is -1.16. The van der Waals surface area contributed by atoms with Crippen LogP contribution in [0.3, 0.4) is 0 Å². The van der Waals surface area contributed by atoms with Crippen molar-refractivity contribution in [2.24, 2.45) is 0 Å². The number of benzene rings is 3. The standard InChI is InChI=1S/C27H21NO6/c1-34-21-12-6-9-18(16-21)24-23(22(29)14-13-17-7-3-2-4-8-17)25(30)26(31)28(24)20-11-5-10-19(15-20)27(32)33/h2-16,24,30H,1H3,(H,32,33)/b14-13+. The van der Waals surface area contributed by atoms with E-state index in [-0.39, 0.29) is 16.8 Å². The van der Waals surface area contributed by atoms with Crippen LogP contribution < -0.4 is 9.64 Å². The lowest BCUT2D eigenvalue weighted by molar-refractivity contribution is -0.117. The molecule has 7 heteroatoms. The number of carboxylic acid groups (broad SMARTS) is 1. The number of aromatic carboxylic acids is 1. The number of methoxy groups -OCH3 is 1. The summed E-state index contributed by atoms with van der Waals surface area (Å²) in [6, 6.07) is 20.7. The lowest BCUT2D eigenvalue weighted by atomic mass is 9.95. The van der Waals surface area contributed by atoms with Gasteiger partial charge in [-0.05, 0) is 47.5 Å². The molecule has 7 nitrogen and oxygen atoms in total. The molecule has 2 N–H and O–H groups in total. The first-order valence-corrected chi connectivity index (χ1v) is 10.4. The lowest BCUT2D eigenvalue weighted by Crippen LogP contribution is -2.31. The molecule has 170 valence electrons. The molecule has 0 saturated heterocycles. The summed E-state index contributed by atoms with van der Waals surface area (Å²) >= 11 is 0. The summed E-state index contributed by atoms with van der Waals surface area (Å²) < 4.78 is 5.30. The van der Waals surface area contributed by atoms with E-state index in [0.717, 1.165) is 5.56 Å². The number of ether oxygens (including phenoxy) is 1. The number of aliphatic hydroxyl groups is 1. The molecule has 1 atom stereocenters. The van der Waals surface area contributed by atoms with E-state index in [1.54, 1.807) is 36.4 Å². The summed E-state index contributed by atoms with van der Waals surface area (Å²) in [5.74, 6) is -2.68. The molecule has 1 amide bonds. The maximum absolute atomic E-state index is 13.3. The first kappa shape index (κ1) is 22.5. The summed E-state index contributed by atoms with van der Waals surface area (Å²) in [5, 5.41) is 20.2. The molecule has 4 rings (SSSR count). The SMILES string of the molecule is COc1cccc(C2C(C(=O)/C=C/c3ccccc3)=C(O)C(=O)N2c2cccc(C(=O)O)c2)c1. The van der Waals surface area contributed by atoms with Crippen LogP contribution in [0, 0.1) is 0 Å². The second-order valence-electron chi connectivity index (χ2n) is 7.58. The van der Waals surface area contributed by atoms with E-state index in [2.05, 4.69) is 0 Å². The third kappa shape index (κ3) is 4.31. The number of carbonyl (C=O) groups is 3. The number of amides is 1. The van der Waals surface area contributed by atoms with Gasteiger partial charge in [0.2, 0.25) is 0 Å². The van der Waals surface area contributed by atoms with E-state index < -0.39 is 29.5 Å². The number of rotatable bonds is 7.